The second kappa shape index (κ2) is 6.21. The highest BCUT2D eigenvalue weighted by Gasteiger charge is 2.29. The summed E-state index contributed by atoms with van der Waals surface area (Å²) in [6.07, 6.45) is 1.85. The molecule has 2 heterocycles. The third-order valence-corrected chi connectivity index (χ3v) is 5.65. The second-order valence-electron chi connectivity index (χ2n) is 6.23. The Kier molecular flexibility index (Phi) is 3.99. The fourth-order valence-electron chi connectivity index (χ4n) is 3.25. The topological polar surface area (TPSA) is 76.2 Å². The van der Waals surface area contributed by atoms with Crippen molar-refractivity contribution in [2.75, 3.05) is 35.3 Å². The average Bonchev–Trinajstić information content (AvgIpc) is 3.24. The van der Waals surface area contributed by atoms with Crippen LogP contribution in [0.4, 0.5) is 11.4 Å². The number of benzene rings is 2. The molecule has 2 aliphatic heterocycles. The molecule has 0 aliphatic carbocycles. The number of para-hydroxylation sites is 1. The third-order valence-electron chi connectivity index (χ3n) is 4.51. The van der Waals surface area contributed by atoms with Crippen molar-refractivity contribution in [1.29, 1.82) is 0 Å². The summed E-state index contributed by atoms with van der Waals surface area (Å²) >= 11 is 0. The van der Waals surface area contributed by atoms with Gasteiger partial charge in [-0.1, -0.05) is 18.2 Å². The molecule has 8 heteroatoms. The number of rotatable bonds is 4. The van der Waals surface area contributed by atoms with Crippen LogP contribution in [0.2, 0.25) is 0 Å². The Morgan fingerprint density at radius 2 is 1.92 bits per heavy atom. The quantitative estimate of drug-likeness (QED) is 0.815. The first kappa shape index (κ1) is 16.7. The molecule has 0 bridgehead atoms. The van der Waals surface area contributed by atoms with Crippen molar-refractivity contribution in [3.05, 3.63) is 48.0 Å². The number of carbonyl (C=O) groups excluding carboxylic acids is 1. The summed E-state index contributed by atoms with van der Waals surface area (Å²) in [6, 6.07) is 12.5. The van der Waals surface area contributed by atoms with Gasteiger partial charge in [0.15, 0.2) is 11.5 Å². The first-order chi connectivity index (χ1) is 12.4. The smallest absolute Gasteiger partial charge is 0.247 e. The number of anilines is 2. The maximum Gasteiger partial charge on any atom is 0.247 e. The van der Waals surface area contributed by atoms with Crippen LogP contribution in [0.25, 0.3) is 0 Å². The van der Waals surface area contributed by atoms with Crippen LogP contribution in [0, 0.1) is 0 Å². The Labute approximate surface area is 151 Å². The lowest BCUT2D eigenvalue weighted by atomic mass is 10.2. The van der Waals surface area contributed by atoms with Crippen molar-refractivity contribution in [3.63, 3.8) is 0 Å². The summed E-state index contributed by atoms with van der Waals surface area (Å²) in [5.74, 6) is 0.759. The molecule has 0 atom stereocenters. The molecule has 0 radical (unpaired) electrons. The molecule has 7 nitrogen and oxygen atoms in total. The third kappa shape index (κ3) is 2.96. The van der Waals surface area contributed by atoms with E-state index >= 15 is 0 Å². The number of fused-ring (bicyclic) bond motifs is 2. The van der Waals surface area contributed by atoms with E-state index in [0.29, 0.717) is 23.7 Å². The van der Waals surface area contributed by atoms with Gasteiger partial charge in [0.1, 0.15) is 6.54 Å². The fraction of sp³-hybridized carbons (Fsp3) is 0.278. The lowest BCUT2D eigenvalue weighted by Gasteiger charge is -2.25. The first-order valence-corrected chi connectivity index (χ1v) is 10.0. The van der Waals surface area contributed by atoms with Gasteiger partial charge < -0.3 is 14.4 Å². The van der Waals surface area contributed by atoms with Crippen LogP contribution in [0.3, 0.4) is 0 Å². The molecule has 0 saturated carbocycles. The highest BCUT2D eigenvalue weighted by molar-refractivity contribution is 7.92. The highest BCUT2D eigenvalue weighted by Crippen LogP contribution is 2.36. The van der Waals surface area contributed by atoms with E-state index < -0.39 is 10.0 Å². The monoisotopic (exact) mass is 374 g/mol. The van der Waals surface area contributed by atoms with Crippen molar-refractivity contribution in [3.8, 4) is 11.5 Å². The molecule has 136 valence electrons. The van der Waals surface area contributed by atoms with Crippen molar-refractivity contribution in [2.24, 2.45) is 0 Å². The number of carbonyl (C=O) groups is 1. The van der Waals surface area contributed by atoms with E-state index in [4.69, 9.17) is 9.47 Å². The summed E-state index contributed by atoms with van der Waals surface area (Å²) in [6.45, 7) is 0.380. The minimum Gasteiger partial charge on any atom is -0.454 e. The molecular weight excluding hydrogens is 356 g/mol. The lowest BCUT2D eigenvalue weighted by Crippen LogP contribution is -2.42. The molecule has 0 N–H and O–H groups in total. The van der Waals surface area contributed by atoms with Crippen molar-refractivity contribution in [2.45, 2.75) is 6.42 Å². The number of sulfonamides is 1. The van der Waals surface area contributed by atoms with Gasteiger partial charge in [0.05, 0.1) is 11.9 Å². The molecule has 0 fully saturated rings. The minimum absolute atomic E-state index is 0.0984. The molecule has 4 rings (SSSR count). The average molecular weight is 374 g/mol. The van der Waals surface area contributed by atoms with Crippen LogP contribution in [-0.4, -0.2) is 40.5 Å². The highest BCUT2D eigenvalue weighted by atomic mass is 32.2. The number of ether oxygens (including phenoxy) is 2. The molecule has 2 aliphatic rings. The zero-order valence-electron chi connectivity index (χ0n) is 14.2. The molecule has 26 heavy (non-hydrogen) atoms. The van der Waals surface area contributed by atoms with Crippen molar-refractivity contribution < 1.29 is 22.7 Å². The molecule has 0 aromatic heterocycles. The summed E-state index contributed by atoms with van der Waals surface area (Å²) < 4.78 is 36.3. The number of hydrogen-bond acceptors (Lipinski definition) is 5. The van der Waals surface area contributed by atoms with Gasteiger partial charge >= 0.3 is 0 Å². The predicted octanol–water partition coefficient (Wildman–Crippen LogP) is 1.77. The Morgan fingerprint density at radius 1 is 1.15 bits per heavy atom. The fourth-order valence-corrected chi connectivity index (χ4v) is 4.09. The van der Waals surface area contributed by atoms with E-state index in [2.05, 4.69) is 0 Å². The van der Waals surface area contributed by atoms with E-state index in [1.54, 1.807) is 23.1 Å². The Balaban J connectivity index is 1.62. The Bertz CT molecular complexity index is 973. The maximum absolute atomic E-state index is 12.8. The molecule has 1 amide bonds. The van der Waals surface area contributed by atoms with Crippen molar-refractivity contribution in [1.82, 2.24) is 0 Å². The van der Waals surface area contributed by atoms with Gasteiger partial charge in [0.2, 0.25) is 22.7 Å². The second-order valence-corrected chi connectivity index (χ2v) is 8.14. The molecule has 2 aromatic rings. The number of amides is 1. The summed E-state index contributed by atoms with van der Waals surface area (Å²) in [7, 11) is -3.65. The SMILES string of the molecule is CS(=O)(=O)N(CC(=O)N1CCc2ccccc21)c1ccc2c(c1)OCO2. The lowest BCUT2D eigenvalue weighted by molar-refractivity contribution is -0.117. The molecule has 0 unspecified atom stereocenters. The van der Waals surface area contributed by atoms with E-state index in [1.807, 2.05) is 24.3 Å². The van der Waals surface area contributed by atoms with Crippen LogP contribution in [0.5, 0.6) is 11.5 Å². The van der Waals surface area contributed by atoms with Crippen LogP contribution in [-0.2, 0) is 21.2 Å². The standard InChI is InChI=1S/C18H18N2O5S/c1-26(22,23)20(14-6-7-16-17(10-14)25-12-24-16)11-18(21)19-9-8-13-4-2-3-5-15(13)19/h2-7,10H,8-9,11-12H2,1H3. The van der Waals surface area contributed by atoms with E-state index in [1.165, 1.54) is 0 Å². The first-order valence-electron chi connectivity index (χ1n) is 8.19. The van der Waals surface area contributed by atoms with E-state index in [0.717, 1.165) is 28.2 Å². The zero-order valence-corrected chi connectivity index (χ0v) is 15.0. The van der Waals surface area contributed by atoms with Gasteiger partial charge in [-0.2, -0.15) is 0 Å². The summed E-state index contributed by atoms with van der Waals surface area (Å²) in [5.41, 5.74) is 2.31. The Morgan fingerprint density at radius 3 is 2.73 bits per heavy atom. The van der Waals surface area contributed by atoms with Gasteiger partial charge in [-0.25, -0.2) is 8.42 Å². The van der Waals surface area contributed by atoms with E-state index in [-0.39, 0.29) is 19.2 Å². The molecule has 0 spiro atoms. The maximum atomic E-state index is 12.8. The van der Waals surface area contributed by atoms with Crippen LogP contribution in [0.1, 0.15) is 5.56 Å². The predicted molar refractivity (Wildman–Crippen MR) is 97.3 cm³/mol. The number of nitrogens with zero attached hydrogens (tertiary/aromatic N) is 2. The van der Waals surface area contributed by atoms with Gasteiger partial charge in [0, 0.05) is 18.3 Å². The Hall–Kier alpha value is -2.74. The van der Waals surface area contributed by atoms with Crippen LogP contribution >= 0.6 is 0 Å². The summed E-state index contributed by atoms with van der Waals surface area (Å²) in [5, 5.41) is 0. The van der Waals surface area contributed by atoms with Crippen LogP contribution < -0.4 is 18.7 Å². The van der Waals surface area contributed by atoms with E-state index in [9.17, 15) is 13.2 Å². The van der Waals surface area contributed by atoms with Crippen molar-refractivity contribution >= 4 is 27.3 Å². The molecule has 2 aromatic carbocycles. The van der Waals surface area contributed by atoms with Crippen LogP contribution in [0.15, 0.2) is 42.5 Å². The van der Waals surface area contributed by atoms with Gasteiger partial charge in [-0.15, -0.1) is 0 Å². The minimum atomic E-state index is -3.65. The summed E-state index contributed by atoms with van der Waals surface area (Å²) in [4.78, 5) is 14.5. The van der Waals surface area contributed by atoms with Gasteiger partial charge in [-0.05, 0) is 30.2 Å². The molecule has 0 saturated heterocycles. The normalized spacial score (nSPS) is 15.0. The van der Waals surface area contributed by atoms with Gasteiger partial charge in [0.25, 0.3) is 0 Å². The largest absolute Gasteiger partial charge is 0.454 e. The zero-order chi connectivity index (χ0) is 18.3. The number of hydrogen-bond donors (Lipinski definition) is 0. The van der Waals surface area contributed by atoms with Gasteiger partial charge in [-0.3, -0.25) is 9.10 Å². The molecular formula is C18H18N2O5S.